The highest BCUT2D eigenvalue weighted by Gasteiger charge is 2.13. The lowest BCUT2D eigenvalue weighted by atomic mass is 9.99. The van der Waals surface area contributed by atoms with Gasteiger partial charge in [0.15, 0.2) is 0 Å². The number of nitrogens with zero attached hydrogens (tertiary/aromatic N) is 1. The molecule has 18 heavy (non-hydrogen) atoms. The van der Waals surface area contributed by atoms with Gasteiger partial charge >= 0.3 is 0 Å². The molecular formula is C14H21BrN2O. The van der Waals surface area contributed by atoms with Crippen LogP contribution in [-0.4, -0.2) is 42.7 Å². The molecule has 3 nitrogen and oxygen atoms in total. The molecule has 0 aromatic heterocycles. The third-order valence-corrected chi connectivity index (χ3v) is 4.72. The molecule has 0 spiro atoms. The highest BCUT2D eigenvalue weighted by Crippen LogP contribution is 2.32. The van der Waals surface area contributed by atoms with Gasteiger partial charge in [-0.2, -0.15) is 0 Å². The van der Waals surface area contributed by atoms with Crippen LogP contribution in [0.25, 0.3) is 0 Å². The fourth-order valence-corrected chi connectivity index (χ4v) is 2.92. The van der Waals surface area contributed by atoms with Crippen LogP contribution in [0.15, 0.2) is 10.5 Å². The van der Waals surface area contributed by atoms with E-state index in [-0.39, 0.29) is 0 Å². The number of hydrogen-bond acceptors (Lipinski definition) is 3. The topological polar surface area (TPSA) is 35.5 Å². The van der Waals surface area contributed by atoms with Crippen molar-refractivity contribution in [3.63, 3.8) is 0 Å². The van der Waals surface area contributed by atoms with Crippen molar-refractivity contribution in [3.05, 3.63) is 27.2 Å². The maximum absolute atomic E-state index is 9.76. The first-order valence-corrected chi connectivity index (χ1v) is 7.29. The van der Waals surface area contributed by atoms with Gasteiger partial charge in [-0.3, -0.25) is 0 Å². The number of nitrogens with one attached hydrogen (secondary N) is 1. The summed E-state index contributed by atoms with van der Waals surface area (Å²) in [6.45, 7) is 9.71. The maximum Gasteiger partial charge on any atom is 0.130 e. The molecule has 100 valence electrons. The highest BCUT2D eigenvalue weighted by molar-refractivity contribution is 9.10. The van der Waals surface area contributed by atoms with Crippen molar-refractivity contribution in [2.45, 2.75) is 20.3 Å². The van der Waals surface area contributed by atoms with E-state index in [1.165, 1.54) is 16.7 Å². The van der Waals surface area contributed by atoms with Crippen LogP contribution in [0.1, 0.15) is 16.7 Å². The fraction of sp³-hybridized carbons (Fsp3) is 0.571. The van der Waals surface area contributed by atoms with Crippen LogP contribution in [-0.2, 0) is 6.42 Å². The molecule has 0 atom stereocenters. The number of aromatic hydroxyl groups is 1. The smallest absolute Gasteiger partial charge is 0.130 e. The number of piperazine rings is 1. The molecule has 2 N–H and O–H groups in total. The highest BCUT2D eigenvalue weighted by atomic mass is 79.9. The Morgan fingerprint density at radius 1 is 1.33 bits per heavy atom. The number of halogens is 1. The molecule has 2 rings (SSSR count). The lowest BCUT2D eigenvalue weighted by molar-refractivity contribution is 0.243. The van der Waals surface area contributed by atoms with Crippen molar-refractivity contribution in [2.24, 2.45) is 0 Å². The minimum absolute atomic E-state index is 0.343. The van der Waals surface area contributed by atoms with Crippen molar-refractivity contribution in [2.75, 3.05) is 32.7 Å². The Labute approximate surface area is 117 Å². The molecule has 1 saturated heterocycles. The van der Waals surface area contributed by atoms with E-state index in [0.717, 1.165) is 43.6 Å². The second kappa shape index (κ2) is 6.04. The number of benzene rings is 1. The summed E-state index contributed by atoms with van der Waals surface area (Å²) in [5.41, 5.74) is 3.71. The minimum atomic E-state index is 0.343. The van der Waals surface area contributed by atoms with Gasteiger partial charge in [0, 0.05) is 32.7 Å². The van der Waals surface area contributed by atoms with Crippen molar-refractivity contribution >= 4 is 15.9 Å². The first kappa shape index (κ1) is 13.8. The Balaban J connectivity index is 2.06. The van der Waals surface area contributed by atoms with Crippen LogP contribution in [0.2, 0.25) is 0 Å². The summed E-state index contributed by atoms with van der Waals surface area (Å²) >= 11 is 3.46. The number of hydrogen-bond donors (Lipinski definition) is 2. The molecule has 1 fully saturated rings. The molecule has 1 heterocycles. The Hall–Kier alpha value is -0.580. The van der Waals surface area contributed by atoms with Crippen LogP contribution >= 0.6 is 15.9 Å². The molecule has 0 saturated carbocycles. The second-order valence-electron chi connectivity index (χ2n) is 4.97. The van der Waals surface area contributed by atoms with Gasteiger partial charge in [-0.25, -0.2) is 0 Å². The first-order valence-electron chi connectivity index (χ1n) is 6.50. The second-order valence-corrected chi connectivity index (χ2v) is 5.76. The van der Waals surface area contributed by atoms with E-state index in [2.05, 4.69) is 40.0 Å². The van der Waals surface area contributed by atoms with E-state index in [0.29, 0.717) is 5.75 Å². The number of aryl methyl sites for hydroxylation is 1. The van der Waals surface area contributed by atoms with Gasteiger partial charge in [0.2, 0.25) is 0 Å². The molecule has 4 heteroatoms. The predicted octanol–water partition coefficient (Wildman–Crippen LogP) is 2.22. The largest absolute Gasteiger partial charge is 0.507 e. The summed E-state index contributed by atoms with van der Waals surface area (Å²) in [5, 5.41) is 13.1. The molecule has 1 aromatic carbocycles. The summed E-state index contributed by atoms with van der Waals surface area (Å²) in [6.07, 6.45) is 1.05. The van der Waals surface area contributed by atoms with E-state index in [1.807, 2.05) is 6.07 Å². The summed E-state index contributed by atoms with van der Waals surface area (Å²) in [5.74, 6) is 0.343. The van der Waals surface area contributed by atoms with Crippen LogP contribution in [0.3, 0.4) is 0 Å². The van der Waals surface area contributed by atoms with Crippen LogP contribution < -0.4 is 5.32 Å². The predicted molar refractivity (Wildman–Crippen MR) is 78.3 cm³/mol. The molecule has 1 aliphatic rings. The van der Waals surface area contributed by atoms with Crippen molar-refractivity contribution < 1.29 is 5.11 Å². The lowest BCUT2D eigenvalue weighted by Crippen LogP contribution is -2.44. The zero-order valence-corrected chi connectivity index (χ0v) is 12.7. The van der Waals surface area contributed by atoms with Crippen LogP contribution in [0.4, 0.5) is 0 Å². The van der Waals surface area contributed by atoms with E-state index >= 15 is 0 Å². The van der Waals surface area contributed by atoms with E-state index in [4.69, 9.17) is 0 Å². The van der Waals surface area contributed by atoms with Crippen LogP contribution in [0, 0.1) is 13.8 Å². The van der Waals surface area contributed by atoms with Gasteiger partial charge in [-0.05, 0) is 59.0 Å². The summed E-state index contributed by atoms with van der Waals surface area (Å²) in [4.78, 5) is 2.50. The van der Waals surface area contributed by atoms with Gasteiger partial charge in [0.1, 0.15) is 5.75 Å². The number of phenolic OH excluding ortho intramolecular Hbond substituents is 1. The van der Waals surface area contributed by atoms with Gasteiger partial charge in [0.25, 0.3) is 0 Å². The molecule has 1 aliphatic heterocycles. The fourth-order valence-electron chi connectivity index (χ4n) is 2.57. The number of phenols is 1. The van der Waals surface area contributed by atoms with Crippen molar-refractivity contribution in [3.8, 4) is 5.75 Å². The molecule has 0 amide bonds. The average Bonchev–Trinajstić information content (AvgIpc) is 2.37. The third kappa shape index (κ3) is 3.05. The zero-order valence-electron chi connectivity index (χ0n) is 11.1. The third-order valence-electron chi connectivity index (χ3n) is 3.72. The molecule has 1 aromatic rings. The normalized spacial score (nSPS) is 17.1. The Morgan fingerprint density at radius 3 is 2.67 bits per heavy atom. The van der Waals surface area contributed by atoms with Crippen molar-refractivity contribution in [1.82, 2.24) is 10.2 Å². The molecule has 0 unspecified atom stereocenters. The van der Waals surface area contributed by atoms with Crippen LogP contribution in [0.5, 0.6) is 5.75 Å². The maximum atomic E-state index is 9.76. The lowest BCUT2D eigenvalue weighted by Gasteiger charge is -2.27. The van der Waals surface area contributed by atoms with Crippen molar-refractivity contribution in [1.29, 1.82) is 0 Å². The zero-order chi connectivity index (χ0) is 13.1. The monoisotopic (exact) mass is 312 g/mol. The summed E-state index contributed by atoms with van der Waals surface area (Å²) in [6, 6.07) is 1.85. The van der Waals surface area contributed by atoms with E-state index in [9.17, 15) is 5.11 Å². The van der Waals surface area contributed by atoms with Gasteiger partial charge in [-0.1, -0.05) is 0 Å². The Kier molecular flexibility index (Phi) is 4.65. The summed E-state index contributed by atoms with van der Waals surface area (Å²) < 4.78 is 0.836. The minimum Gasteiger partial charge on any atom is -0.507 e. The van der Waals surface area contributed by atoms with Gasteiger partial charge < -0.3 is 15.3 Å². The molecule has 0 radical (unpaired) electrons. The quantitative estimate of drug-likeness (QED) is 0.898. The molecular weight excluding hydrogens is 292 g/mol. The van der Waals surface area contributed by atoms with Gasteiger partial charge in [0.05, 0.1) is 4.47 Å². The first-order chi connectivity index (χ1) is 8.59. The summed E-state index contributed by atoms with van der Waals surface area (Å²) in [7, 11) is 0. The average molecular weight is 313 g/mol. The van der Waals surface area contributed by atoms with E-state index < -0.39 is 0 Å². The molecule has 0 aliphatic carbocycles. The number of rotatable bonds is 3. The standard InChI is InChI=1S/C14H21BrN2O/c1-10-9-13(18)14(15)11(2)12(10)3-6-17-7-4-16-5-8-17/h9,16,18H,3-8H2,1-2H3. The Morgan fingerprint density at radius 2 is 2.00 bits per heavy atom. The van der Waals surface area contributed by atoms with E-state index in [1.54, 1.807) is 0 Å². The molecule has 0 bridgehead atoms. The van der Waals surface area contributed by atoms with Gasteiger partial charge in [-0.15, -0.1) is 0 Å². The Bertz CT molecular complexity index is 428. The SMILES string of the molecule is Cc1cc(O)c(Br)c(C)c1CCN1CCNCC1.